The standard InChI is InChI=1S/C13H26N2O/c1-5-10(2)8-13(16)15-7-6-12(14-4)11(3)9-15/h10-12,14H,5-9H2,1-4H3. The van der Waals surface area contributed by atoms with E-state index in [1.165, 1.54) is 0 Å². The third-order valence-corrected chi connectivity index (χ3v) is 3.85. The number of nitrogens with one attached hydrogen (secondary N) is 1. The molecule has 16 heavy (non-hydrogen) atoms. The van der Waals surface area contributed by atoms with Gasteiger partial charge in [0.2, 0.25) is 5.91 Å². The highest BCUT2D eigenvalue weighted by Gasteiger charge is 2.27. The highest BCUT2D eigenvalue weighted by atomic mass is 16.2. The molecule has 1 N–H and O–H groups in total. The third-order valence-electron chi connectivity index (χ3n) is 3.85. The molecule has 0 saturated carbocycles. The maximum Gasteiger partial charge on any atom is 0.222 e. The fraction of sp³-hybridized carbons (Fsp3) is 0.923. The molecule has 0 aromatic rings. The van der Waals surface area contributed by atoms with E-state index in [1.807, 2.05) is 11.9 Å². The molecule has 1 saturated heterocycles. The van der Waals surface area contributed by atoms with Crippen LogP contribution in [0.5, 0.6) is 0 Å². The first kappa shape index (κ1) is 13.5. The molecule has 1 heterocycles. The van der Waals surface area contributed by atoms with Crippen molar-refractivity contribution in [3.05, 3.63) is 0 Å². The van der Waals surface area contributed by atoms with Gasteiger partial charge in [0.25, 0.3) is 0 Å². The van der Waals surface area contributed by atoms with E-state index in [0.717, 1.165) is 25.9 Å². The van der Waals surface area contributed by atoms with Gasteiger partial charge in [0, 0.05) is 25.6 Å². The maximum absolute atomic E-state index is 12.0. The number of carbonyl (C=O) groups excluding carboxylic acids is 1. The zero-order valence-corrected chi connectivity index (χ0v) is 11.1. The van der Waals surface area contributed by atoms with Crippen LogP contribution >= 0.6 is 0 Å². The van der Waals surface area contributed by atoms with Crippen LogP contribution in [-0.4, -0.2) is 37.0 Å². The Hall–Kier alpha value is -0.570. The summed E-state index contributed by atoms with van der Waals surface area (Å²) < 4.78 is 0. The fourth-order valence-corrected chi connectivity index (χ4v) is 2.37. The van der Waals surface area contributed by atoms with Gasteiger partial charge >= 0.3 is 0 Å². The molecule has 3 atom stereocenters. The van der Waals surface area contributed by atoms with E-state index in [2.05, 4.69) is 26.1 Å². The topological polar surface area (TPSA) is 32.3 Å². The van der Waals surface area contributed by atoms with E-state index in [1.54, 1.807) is 0 Å². The van der Waals surface area contributed by atoms with Crippen molar-refractivity contribution in [2.45, 2.75) is 46.1 Å². The predicted octanol–water partition coefficient (Wildman–Crippen LogP) is 1.88. The Balaban J connectivity index is 2.42. The van der Waals surface area contributed by atoms with E-state index in [-0.39, 0.29) is 0 Å². The summed E-state index contributed by atoms with van der Waals surface area (Å²) in [5, 5.41) is 3.33. The van der Waals surface area contributed by atoms with E-state index in [9.17, 15) is 4.79 Å². The molecular weight excluding hydrogens is 200 g/mol. The van der Waals surface area contributed by atoms with Crippen LogP contribution in [0.1, 0.15) is 40.0 Å². The molecule has 1 aliphatic rings. The number of likely N-dealkylation sites (tertiary alicyclic amines) is 1. The maximum atomic E-state index is 12.0. The van der Waals surface area contributed by atoms with Crippen LogP contribution < -0.4 is 5.32 Å². The van der Waals surface area contributed by atoms with Crippen molar-refractivity contribution in [1.29, 1.82) is 0 Å². The predicted molar refractivity (Wildman–Crippen MR) is 67.3 cm³/mol. The molecule has 0 bridgehead atoms. The number of carbonyl (C=O) groups is 1. The van der Waals surface area contributed by atoms with Gasteiger partial charge in [-0.3, -0.25) is 4.79 Å². The molecule has 1 rings (SSSR count). The summed E-state index contributed by atoms with van der Waals surface area (Å²) in [6, 6.07) is 0.577. The summed E-state index contributed by atoms with van der Waals surface area (Å²) in [6.07, 6.45) is 2.89. The Bertz CT molecular complexity index is 230. The summed E-state index contributed by atoms with van der Waals surface area (Å²) >= 11 is 0. The van der Waals surface area contributed by atoms with Gasteiger partial charge in [-0.05, 0) is 25.3 Å². The van der Waals surface area contributed by atoms with Crippen LogP contribution in [0.15, 0.2) is 0 Å². The first-order valence-electron chi connectivity index (χ1n) is 6.53. The van der Waals surface area contributed by atoms with Gasteiger partial charge in [-0.2, -0.15) is 0 Å². The van der Waals surface area contributed by atoms with Gasteiger partial charge in [0.1, 0.15) is 0 Å². The van der Waals surface area contributed by atoms with Crippen molar-refractivity contribution in [3.8, 4) is 0 Å². The van der Waals surface area contributed by atoms with Crippen LogP contribution in [0.4, 0.5) is 0 Å². The van der Waals surface area contributed by atoms with Crippen molar-refractivity contribution < 1.29 is 4.79 Å². The molecule has 0 spiro atoms. The molecule has 94 valence electrons. The van der Waals surface area contributed by atoms with E-state index < -0.39 is 0 Å². The van der Waals surface area contributed by atoms with Crippen LogP contribution in [-0.2, 0) is 4.79 Å². The Labute approximate surface area is 99.6 Å². The minimum absolute atomic E-state index is 0.343. The molecule has 1 fully saturated rings. The molecule has 0 aromatic carbocycles. The number of hydrogen-bond donors (Lipinski definition) is 1. The smallest absolute Gasteiger partial charge is 0.222 e. The second-order valence-corrected chi connectivity index (χ2v) is 5.22. The molecule has 3 unspecified atom stereocenters. The highest BCUT2D eigenvalue weighted by molar-refractivity contribution is 5.76. The molecule has 1 aliphatic heterocycles. The summed E-state index contributed by atoms with van der Waals surface area (Å²) in [5.41, 5.74) is 0. The average molecular weight is 226 g/mol. The molecule has 0 aliphatic carbocycles. The Morgan fingerprint density at radius 1 is 1.56 bits per heavy atom. The lowest BCUT2D eigenvalue weighted by Gasteiger charge is -2.37. The van der Waals surface area contributed by atoms with Gasteiger partial charge in [-0.25, -0.2) is 0 Å². The van der Waals surface area contributed by atoms with Crippen LogP contribution in [0.2, 0.25) is 0 Å². The van der Waals surface area contributed by atoms with Crippen LogP contribution in [0.25, 0.3) is 0 Å². The van der Waals surface area contributed by atoms with Gasteiger partial charge < -0.3 is 10.2 Å². The minimum atomic E-state index is 0.343. The van der Waals surface area contributed by atoms with Gasteiger partial charge in [0.15, 0.2) is 0 Å². The summed E-state index contributed by atoms with van der Waals surface area (Å²) in [4.78, 5) is 14.1. The lowest BCUT2D eigenvalue weighted by Crippen LogP contribution is -2.49. The molecule has 0 radical (unpaired) electrons. The zero-order chi connectivity index (χ0) is 12.1. The number of rotatable bonds is 4. The lowest BCUT2D eigenvalue weighted by molar-refractivity contribution is -0.134. The van der Waals surface area contributed by atoms with Gasteiger partial charge in [0.05, 0.1) is 0 Å². The molecule has 3 nitrogen and oxygen atoms in total. The summed E-state index contributed by atoms with van der Waals surface area (Å²) in [5.74, 6) is 1.43. The van der Waals surface area contributed by atoms with E-state index in [0.29, 0.717) is 30.2 Å². The number of nitrogens with zero attached hydrogens (tertiary/aromatic N) is 1. The van der Waals surface area contributed by atoms with E-state index >= 15 is 0 Å². The second-order valence-electron chi connectivity index (χ2n) is 5.22. The van der Waals surface area contributed by atoms with E-state index in [4.69, 9.17) is 0 Å². The SMILES string of the molecule is CCC(C)CC(=O)N1CCC(NC)C(C)C1. The van der Waals surface area contributed by atoms with Crippen LogP contribution in [0.3, 0.4) is 0 Å². The first-order valence-corrected chi connectivity index (χ1v) is 6.53. The first-order chi connectivity index (χ1) is 7.58. The number of amides is 1. The zero-order valence-electron chi connectivity index (χ0n) is 11.1. The number of piperidine rings is 1. The highest BCUT2D eigenvalue weighted by Crippen LogP contribution is 2.18. The Morgan fingerprint density at radius 2 is 2.25 bits per heavy atom. The number of hydrogen-bond acceptors (Lipinski definition) is 2. The van der Waals surface area contributed by atoms with Crippen molar-refractivity contribution in [2.75, 3.05) is 20.1 Å². The van der Waals surface area contributed by atoms with Gasteiger partial charge in [-0.1, -0.05) is 27.2 Å². The fourth-order valence-electron chi connectivity index (χ4n) is 2.37. The Morgan fingerprint density at radius 3 is 2.75 bits per heavy atom. The van der Waals surface area contributed by atoms with Gasteiger partial charge in [-0.15, -0.1) is 0 Å². The molecular formula is C13H26N2O. The molecule has 0 aromatic heterocycles. The molecule has 3 heteroatoms. The summed E-state index contributed by atoms with van der Waals surface area (Å²) in [6.45, 7) is 8.37. The normalized spacial score (nSPS) is 27.9. The minimum Gasteiger partial charge on any atom is -0.342 e. The average Bonchev–Trinajstić information content (AvgIpc) is 2.28. The van der Waals surface area contributed by atoms with Crippen molar-refractivity contribution in [1.82, 2.24) is 10.2 Å². The largest absolute Gasteiger partial charge is 0.342 e. The van der Waals surface area contributed by atoms with Crippen molar-refractivity contribution in [3.63, 3.8) is 0 Å². The Kier molecular flexibility index (Phi) is 5.26. The lowest BCUT2D eigenvalue weighted by atomic mass is 9.93. The van der Waals surface area contributed by atoms with Crippen LogP contribution in [0, 0.1) is 11.8 Å². The quantitative estimate of drug-likeness (QED) is 0.794. The second kappa shape index (κ2) is 6.24. The molecule has 1 amide bonds. The monoisotopic (exact) mass is 226 g/mol. The van der Waals surface area contributed by atoms with Crippen molar-refractivity contribution >= 4 is 5.91 Å². The summed E-state index contributed by atoms with van der Waals surface area (Å²) in [7, 11) is 2.01. The van der Waals surface area contributed by atoms with Crippen molar-refractivity contribution in [2.24, 2.45) is 11.8 Å². The third kappa shape index (κ3) is 3.48.